The van der Waals surface area contributed by atoms with Crippen molar-refractivity contribution in [2.24, 2.45) is 0 Å². The van der Waals surface area contributed by atoms with Gasteiger partial charge in [0.2, 0.25) is 0 Å². The molecule has 128 valence electrons. The third kappa shape index (κ3) is 18.5. The van der Waals surface area contributed by atoms with Gasteiger partial charge in [0.1, 0.15) is 0 Å². The second-order valence-corrected chi connectivity index (χ2v) is 4.00. The number of hydrogen-bond donors (Lipinski definition) is 4. The minimum atomic E-state index is -1.23. The van der Waals surface area contributed by atoms with E-state index in [1.54, 1.807) is 0 Å². The number of nitrogens with zero attached hydrogens (tertiary/aromatic N) is 2. The summed E-state index contributed by atoms with van der Waals surface area (Å²) in [6, 6.07) is 0. The maximum atomic E-state index is 10.6. The Morgan fingerprint density at radius 1 is 0.609 bits per heavy atom. The molecule has 0 aromatic carbocycles. The molecule has 0 heterocycles. The first kappa shape index (κ1) is 26.4. The van der Waals surface area contributed by atoms with Crippen LogP contribution in [0.1, 0.15) is 0 Å². The first-order valence-corrected chi connectivity index (χ1v) is 6.02. The van der Waals surface area contributed by atoms with Crippen molar-refractivity contribution in [3.05, 3.63) is 13.2 Å². The predicted molar refractivity (Wildman–Crippen MR) is 81.8 cm³/mol. The number of rotatable bonds is 11. The van der Waals surface area contributed by atoms with Crippen molar-refractivity contribution in [2.75, 3.05) is 39.3 Å². The van der Waals surface area contributed by atoms with Crippen LogP contribution in [0, 0.1) is 0 Å². The summed E-state index contributed by atoms with van der Waals surface area (Å²) >= 11 is 0. The minimum absolute atomic E-state index is 0. The van der Waals surface area contributed by atoms with Crippen molar-refractivity contribution in [1.29, 1.82) is 0 Å². The fourth-order valence-electron chi connectivity index (χ4n) is 1.48. The van der Waals surface area contributed by atoms with Gasteiger partial charge in [0.25, 0.3) is 0 Å². The molecule has 10 nitrogen and oxygen atoms in total. The summed E-state index contributed by atoms with van der Waals surface area (Å²) in [5, 5.41) is 34.5. The van der Waals surface area contributed by atoms with E-state index in [9.17, 15) is 19.2 Å². The first-order valence-electron chi connectivity index (χ1n) is 6.02. The molecule has 0 bridgehead atoms. The maximum absolute atomic E-state index is 10.6. The van der Waals surface area contributed by atoms with Gasteiger partial charge in [-0.25, -0.2) is 0 Å². The Morgan fingerprint density at radius 2 is 0.783 bits per heavy atom. The number of carbonyl (C=O) groups is 4. The molecule has 0 aromatic heterocycles. The van der Waals surface area contributed by atoms with E-state index in [0.717, 1.165) is 9.80 Å². The van der Waals surface area contributed by atoms with E-state index in [-0.39, 0.29) is 42.6 Å². The normalized spacial score (nSPS) is 9.48. The van der Waals surface area contributed by atoms with E-state index in [4.69, 9.17) is 20.4 Å². The van der Waals surface area contributed by atoms with Gasteiger partial charge >= 0.3 is 53.4 Å². The Kier molecular flexibility index (Phi) is 17.7. The van der Waals surface area contributed by atoms with Gasteiger partial charge in [-0.05, 0) is 0 Å². The van der Waals surface area contributed by atoms with E-state index in [1.807, 2.05) is 0 Å². The van der Waals surface area contributed by atoms with Crippen LogP contribution < -0.4 is 0 Å². The van der Waals surface area contributed by atoms with Crippen molar-refractivity contribution < 1.29 is 39.6 Å². The van der Waals surface area contributed by atoms with Crippen molar-refractivity contribution in [3.63, 3.8) is 0 Å². The van der Waals surface area contributed by atoms with Gasteiger partial charge in [-0.3, -0.25) is 29.0 Å². The molecule has 0 saturated carbocycles. The Bertz CT molecular complexity index is 337. The van der Waals surface area contributed by atoms with E-state index in [1.165, 1.54) is 0 Å². The number of aliphatic carboxylic acids is 4. The standard InChI is InChI=1S/C10H16N2O8.C2H4.Na.H/c13-7(14)3-11(4-8(15)16)1-2-12(5-9(17)18)6-10(19)20;1-2;;/h1-6H2,(H,13,14)(H,15,16)(H,17,18)(H,19,20);1-2H2;;. The zero-order valence-corrected chi connectivity index (χ0v) is 12.0. The number of carboxylic acids is 4. The SMILES string of the molecule is C=C.O=C(O)CN(CCN(CC(=O)O)CC(=O)O)CC(=O)O.[NaH]. The van der Waals surface area contributed by atoms with Gasteiger partial charge in [-0.15, -0.1) is 13.2 Å². The molecule has 11 heteroatoms. The molecule has 0 aliphatic heterocycles. The van der Waals surface area contributed by atoms with Crippen LogP contribution >= 0.6 is 0 Å². The second-order valence-electron chi connectivity index (χ2n) is 4.00. The number of hydrogen-bond acceptors (Lipinski definition) is 6. The molecule has 0 fully saturated rings. The van der Waals surface area contributed by atoms with Gasteiger partial charge in [0.05, 0.1) is 26.2 Å². The summed E-state index contributed by atoms with van der Waals surface area (Å²) in [4.78, 5) is 44.4. The second kappa shape index (κ2) is 15.4. The van der Waals surface area contributed by atoms with Crippen LogP contribution in [0.2, 0.25) is 0 Å². The summed E-state index contributed by atoms with van der Waals surface area (Å²) < 4.78 is 0. The Labute approximate surface area is 155 Å². The molecule has 0 aromatic rings. The van der Waals surface area contributed by atoms with Crippen molar-refractivity contribution in [1.82, 2.24) is 9.80 Å². The van der Waals surface area contributed by atoms with Crippen LogP contribution in [0.4, 0.5) is 0 Å². The summed E-state index contributed by atoms with van der Waals surface area (Å²) in [6.07, 6.45) is 0. The Morgan fingerprint density at radius 3 is 0.913 bits per heavy atom. The quantitative estimate of drug-likeness (QED) is 0.246. The first-order chi connectivity index (χ1) is 10.2. The van der Waals surface area contributed by atoms with Crippen molar-refractivity contribution >= 4 is 53.4 Å². The van der Waals surface area contributed by atoms with Crippen molar-refractivity contribution in [2.45, 2.75) is 0 Å². The monoisotopic (exact) mass is 344 g/mol. The molecular formula is C12H21N2NaO8. The fraction of sp³-hybridized carbons (Fsp3) is 0.500. The van der Waals surface area contributed by atoms with Gasteiger partial charge in [0.15, 0.2) is 0 Å². The van der Waals surface area contributed by atoms with Crippen LogP contribution in [0.25, 0.3) is 0 Å². The van der Waals surface area contributed by atoms with E-state index >= 15 is 0 Å². The summed E-state index contributed by atoms with van der Waals surface area (Å²) in [5.74, 6) is -4.91. The molecule has 4 N–H and O–H groups in total. The van der Waals surface area contributed by atoms with Crippen LogP contribution in [0.5, 0.6) is 0 Å². The molecule has 0 aliphatic rings. The number of carboxylic acid groups (broad SMARTS) is 4. The summed E-state index contributed by atoms with van der Waals surface area (Å²) in [6.45, 7) is 3.75. The van der Waals surface area contributed by atoms with Crippen molar-refractivity contribution in [3.8, 4) is 0 Å². The molecular weight excluding hydrogens is 323 g/mol. The molecule has 0 amide bonds. The molecule has 0 saturated heterocycles. The summed E-state index contributed by atoms with van der Waals surface area (Å²) in [7, 11) is 0. The van der Waals surface area contributed by atoms with Crippen LogP contribution in [0.3, 0.4) is 0 Å². The molecule has 0 radical (unpaired) electrons. The molecule has 0 atom stereocenters. The molecule has 23 heavy (non-hydrogen) atoms. The topological polar surface area (TPSA) is 156 Å². The van der Waals surface area contributed by atoms with E-state index < -0.39 is 50.1 Å². The molecule has 0 aliphatic carbocycles. The average Bonchev–Trinajstić information content (AvgIpc) is 2.35. The molecule has 0 spiro atoms. The van der Waals surface area contributed by atoms with Crippen LogP contribution in [0.15, 0.2) is 13.2 Å². The van der Waals surface area contributed by atoms with Gasteiger partial charge in [-0.1, -0.05) is 0 Å². The Balaban J connectivity index is -0.00000128. The Hall–Kier alpha value is -1.46. The third-order valence-electron chi connectivity index (χ3n) is 2.17. The van der Waals surface area contributed by atoms with Gasteiger partial charge < -0.3 is 20.4 Å². The molecule has 0 unspecified atom stereocenters. The average molecular weight is 344 g/mol. The molecule has 0 rings (SSSR count). The fourth-order valence-corrected chi connectivity index (χ4v) is 1.48. The predicted octanol–water partition coefficient (Wildman–Crippen LogP) is -1.92. The zero-order valence-electron chi connectivity index (χ0n) is 12.0. The summed E-state index contributed by atoms with van der Waals surface area (Å²) in [5.41, 5.74) is 0. The van der Waals surface area contributed by atoms with Gasteiger partial charge in [-0.2, -0.15) is 0 Å². The third-order valence-corrected chi connectivity index (χ3v) is 2.17. The van der Waals surface area contributed by atoms with Gasteiger partial charge in [0, 0.05) is 13.1 Å². The van der Waals surface area contributed by atoms with Crippen LogP contribution in [-0.2, 0) is 19.2 Å². The van der Waals surface area contributed by atoms with E-state index in [2.05, 4.69) is 13.2 Å². The zero-order chi connectivity index (χ0) is 17.7. The van der Waals surface area contributed by atoms with E-state index in [0.29, 0.717) is 0 Å². The van der Waals surface area contributed by atoms with Crippen LogP contribution in [-0.4, -0.2) is 123 Å².